The van der Waals surface area contributed by atoms with Gasteiger partial charge < -0.3 is 20.3 Å². The number of hydrogen-bond acceptors (Lipinski definition) is 3. The summed E-state index contributed by atoms with van der Waals surface area (Å²) in [6.07, 6.45) is -4.76. The van der Waals surface area contributed by atoms with Crippen LogP contribution in [0, 0.1) is 0 Å². The van der Waals surface area contributed by atoms with E-state index in [2.05, 4.69) is 15.4 Å². The average molecular weight is 362 g/mol. The molecule has 0 fully saturated rings. The fraction of sp³-hybridized carbons (Fsp3) is 0.500. The molecule has 140 valence electrons. The van der Waals surface area contributed by atoms with Gasteiger partial charge in [0.2, 0.25) is 0 Å². The first-order valence-electron chi connectivity index (χ1n) is 7.62. The Kier molecular flexibility index (Phi) is 6.80. The molecule has 1 rings (SSSR count). The van der Waals surface area contributed by atoms with E-state index in [1.165, 1.54) is 12.1 Å². The van der Waals surface area contributed by atoms with Crippen molar-refractivity contribution in [2.75, 3.05) is 25.5 Å². The van der Waals surface area contributed by atoms with Crippen molar-refractivity contribution in [2.24, 2.45) is 0 Å². The zero-order chi connectivity index (χ0) is 19.3. The highest BCUT2D eigenvalue weighted by Crippen LogP contribution is 2.23. The van der Waals surface area contributed by atoms with E-state index in [1.807, 2.05) is 20.8 Å². The Bertz CT molecular complexity index is 595. The van der Waals surface area contributed by atoms with Crippen molar-refractivity contribution in [3.05, 3.63) is 24.3 Å². The predicted octanol–water partition coefficient (Wildman–Crippen LogP) is 0.953. The first-order chi connectivity index (χ1) is 11.3. The molecule has 0 spiro atoms. The number of anilines is 1. The molecule has 9 heteroatoms. The Hall–Kier alpha value is -2.29. The van der Waals surface area contributed by atoms with Crippen LogP contribution in [0.25, 0.3) is 0 Å². The van der Waals surface area contributed by atoms with Gasteiger partial charge in [-0.05, 0) is 45.0 Å². The van der Waals surface area contributed by atoms with Gasteiger partial charge in [0, 0.05) is 11.2 Å². The maximum absolute atomic E-state index is 12.1. The standard InChI is InChI=1S/C16H22F3N3O3/c1-15(2,3)21-14(24)10-22(4)9-13(23)20-11-5-7-12(8-6-11)25-16(17,18)19/h5-8H,9-10H2,1-4H3,(H,20,23)(H,21,24)/p+1. The Balaban J connectivity index is 2.47. The fourth-order valence-electron chi connectivity index (χ4n) is 2.02. The Morgan fingerprint density at radius 1 is 1.04 bits per heavy atom. The number of rotatable bonds is 6. The Morgan fingerprint density at radius 3 is 2.04 bits per heavy atom. The largest absolute Gasteiger partial charge is 0.573 e. The number of carbonyl (C=O) groups excluding carboxylic acids is 2. The van der Waals surface area contributed by atoms with Crippen LogP contribution in [0.2, 0.25) is 0 Å². The van der Waals surface area contributed by atoms with E-state index in [-0.39, 0.29) is 36.2 Å². The van der Waals surface area contributed by atoms with Crippen molar-refractivity contribution >= 4 is 17.5 Å². The van der Waals surface area contributed by atoms with Crippen molar-refractivity contribution in [3.8, 4) is 5.75 Å². The van der Waals surface area contributed by atoms with E-state index in [0.717, 1.165) is 12.1 Å². The lowest BCUT2D eigenvalue weighted by Gasteiger charge is -2.21. The van der Waals surface area contributed by atoms with E-state index >= 15 is 0 Å². The molecule has 1 aromatic rings. The quantitative estimate of drug-likeness (QED) is 0.706. The molecule has 1 atom stereocenters. The van der Waals surface area contributed by atoms with Gasteiger partial charge in [-0.2, -0.15) is 0 Å². The van der Waals surface area contributed by atoms with Crippen molar-refractivity contribution in [1.82, 2.24) is 5.32 Å². The number of halogens is 3. The number of likely N-dealkylation sites (N-methyl/N-ethyl adjacent to an activating group) is 1. The van der Waals surface area contributed by atoms with E-state index in [4.69, 9.17) is 0 Å². The van der Waals surface area contributed by atoms with Gasteiger partial charge in [-0.15, -0.1) is 13.2 Å². The summed E-state index contributed by atoms with van der Waals surface area (Å²) in [6.45, 7) is 5.75. The number of carbonyl (C=O) groups is 2. The van der Waals surface area contributed by atoms with Crippen LogP contribution in [0.3, 0.4) is 0 Å². The van der Waals surface area contributed by atoms with Crippen molar-refractivity contribution in [1.29, 1.82) is 0 Å². The number of ether oxygens (including phenoxy) is 1. The van der Waals surface area contributed by atoms with E-state index in [0.29, 0.717) is 10.6 Å². The van der Waals surface area contributed by atoms with E-state index in [9.17, 15) is 22.8 Å². The summed E-state index contributed by atoms with van der Waals surface area (Å²) in [7, 11) is 1.70. The fourth-order valence-corrected chi connectivity index (χ4v) is 2.02. The number of amides is 2. The molecule has 0 bridgehead atoms. The summed E-state index contributed by atoms with van der Waals surface area (Å²) in [6, 6.07) is 4.83. The van der Waals surface area contributed by atoms with Crippen LogP contribution in [-0.2, 0) is 9.59 Å². The van der Waals surface area contributed by atoms with Crippen LogP contribution in [0.15, 0.2) is 24.3 Å². The SMILES string of the molecule is C[NH+](CC(=O)Nc1ccc(OC(F)(F)F)cc1)CC(=O)NC(C)(C)C. The molecular formula is C16H23F3N3O3+. The van der Waals surface area contributed by atoms with Crippen molar-refractivity contribution in [3.63, 3.8) is 0 Å². The monoisotopic (exact) mass is 362 g/mol. The third-order valence-corrected chi connectivity index (χ3v) is 2.81. The summed E-state index contributed by atoms with van der Waals surface area (Å²) in [5.41, 5.74) is -0.00805. The average Bonchev–Trinajstić information content (AvgIpc) is 2.36. The molecule has 6 nitrogen and oxygen atoms in total. The van der Waals surface area contributed by atoms with Gasteiger partial charge in [-0.3, -0.25) is 9.59 Å². The number of hydrogen-bond donors (Lipinski definition) is 3. The molecule has 2 amide bonds. The second kappa shape index (κ2) is 8.19. The van der Waals surface area contributed by atoms with Gasteiger partial charge in [-0.1, -0.05) is 0 Å². The highest BCUT2D eigenvalue weighted by atomic mass is 19.4. The van der Waals surface area contributed by atoms with Crippen molar-refractivity contribution in [2.45, 2.75) is 32.7 Å². The summed E-state index contributed by atoms with van der Waals surface area (Å²) in [5.74, 6) is -0.899. The van der Waals surface area contributed by atoms with E-state index < -0.39 is 6.36 Å². The third-order valence-electron chi connectivity index (χ3n) is 2.81. The van der Waals surface area contributed by atoms with Gasteiger partial charge in [-0.25, -0.2) is 0 Å². The molecule has 0 saturated heterocycles. The number of nitrogens with one attached hydrogen (secondary N) is 3. The lowest BCUT2D eigenvalue weighted by atomic mass is 10.1. The van der Waals surface area contributed by atoms with Crippen LogP contribution >= 0.6 is 0 Å². The Morgan fingerprint density at radius 2 is 1.56 bits per heavy atom. The molecule has 25 heavy (non-hydrogen) atoms. The Labute approximate surface area is 144 Å². The highest BCUT2D eigenvalue weighted by molar-refractivity contribution is 5.91. The molecule has 0 aliphatic carbocycles. The molecule has 0 aliphatic rings. The van der Waals surface area contributed by atoms with E-state index in [1.54, 1.807) is 7.05 Å². The van der Waals surface area contributed by atoms with Crippen LogP contribution in [0.1, 0.15) is 20.8 Å². The third kappa shape index (κ3) is 9.55. The molecule has 1 aromatic carbocycles. The minimum absolute atomic E-state index is 0.0400. The molecule has 3 N–H and O–H groups in total. The second-order valence-corrected chi connectivity index (χ2v) is 6.73. The molecule has 0 radical (unpaired) electrons. The van der Waals surface area contributed by atoms with Gasteiger partial charge in [0.05, 0.1) is 7.05 Å². The lowest BCUT2D eigenvalue weighted by molar-refractivity contribution is -0.862. The van der Waals surface area contributed by atoms with Gasteiger partial charge in [0.25, 0.3) is 11.8 Å². The van der Waals surface area contributed by atoms with Crippen molar-refractivity contribution < 1.29 is 32.4 Å². The number of benzene rings is 1. The smallest absolute Gasteiger partial charge is 0.406 e. The minimum atomic E-state index is -4.76. The summed E-state index contributed by atoms with van der Waals surface area (Å²) in [5, 5.41) is 5.36. The van der Waals surface area contributed by atoms with Crippen LogP contribution < -0.4 is 20.3 Å². The van der Waals surface area contributed by atoms with Crippen LogP contribution in [0.5, 0.6) is 5.75 Å². The maximum atomic E-state index is 12.1. The molecule has 0 heterocycles. The molecule has 0 saturated carbocycles. The summed E-state index contributed by atoms with van der Waals surface area (Å²) in [4.78, 5) is 24.4. The summed E-state index contributed by atoms with van der Waals surface area (Å²) >= 11 is 0. The zero-order valence-corrected chi connectivity index (χ0v) is 14.6. The van der Waals surface area contributed by atoms with Gasteiger partial charge >= 0.3 is 6.36 Å². The molecule has 1 unspecified atom stereocenters. The topological polar surface area (TPSA) is 71.9 Å². The first-order valence-corrected chi connectivity index (χ1v) is 7.62. The summed E-state index contributed by atoms with van der Waals surface area (Å²) < 4.78 is 40.0. The van der Waals surface area contributed by atoms with Crippen LogP contribution in [0.4, 0.5) is 18.9 Å². The molecule has 0 aromatic heterocycles. The molecule has 0 aliphatic heterocycles. The first kappa shape index (κ1) is 20.8. The zero-order valence-electron chi connectivity index (χ0n) is 14.6. The molecular weight excluding hydrogens is 339 g/mol. The van der Waals surface area contributed by atoms with Gasteiger partial charge in [0.15, 0.2) is 13.1 Å². The minimum Gasteiger partial charge on any atom is -0.406 e. The van der Waals surface area contributed by atoms with Crippen LogP contribution in [-0.4, -0.2) is 43.9 Å². The predicted molar refractivity (Wildman–Crippen MR) is 86.3 cm³/mol. The number of alkyl halides is 3. The lowest BCUT2D eigenvalue weighted by Crippen LogP contribution is -3.11. The maximum Gasteiger partial charge on any atom is 0.573 e. The highest BCUT2D eigenvalue weighted by Gasteiger charge is 2.31. The second-order valence-electron chi connectivity index (χ2n) is 6.73. The van der Waals surface area contributed by atoms with Gasteiger partial charge in [0.1, 0.15) is 5.75 Å². The number of quaternary nitrogens is 1. The normalized spacial score (nSPS) is 13.1.